The van der Waals surface area contributed by atoms with Crippen molar-refractivity contribution < 1.29 is 13.9 Å². The normalized spacial score (nSPS) is 15.2. The van der Waals surface area contributed by atoms with E-state index in [1.807, 2.05) is 0 Å². The molecule has 0 aliphatic carbocycles. The SMILES string of the molecule is CC(CO)C(c1c(F)cccc1F)N(C)C. The van der Waals surface area contributed by atoms with Gasteiger partial charge in [0, 0.05) is 18.2 Å². The Kier molecular flexibility index (Phi) is 4.38. The van der Waals surface area contributed by atoms with E-state index in [1.54, 1.807) is 25.9 Å². The second-order valence-corrected chi connectivity index (χ2v) is 4.20. The Morgan fingerprint density at radius 1 is 1.25 bits per heavy atom. The van der Waals surface area contributed by atoms with Crippen molar-refractivity contribution in [3.05, 3.63) is 35.4 Å². The molecule has 1 rings (SSSR count). The van der Waals surface area contributed by atoms with Crippen LogP contribution >= 0.6 is 0 Å². The van der Waals surface area contributed by atoms with Gasteiger partial charge < -0.3 is 10.0 Å². The molecule has 0 heterocycles. The van der Waals surface area contributed by atoms with Crippen LogP contribution in [0.2, 0.25) is 0 Å². The average molecular weight is 229 g/mol. The van der Waals surface area contributed by atoms with Crippen LogP contribution in [0.4, 0.5) is 8.78 Å². The molecular formula is C12H17F2NO. The minimum atomic E-state index is -0.570. The third kappa shape index (κ3) is 2.57. The molecule has 2 unspecified atom stereocenters. The molecule has 0 aliphatic rings. The Bertz CT molecular complexity index is 335. The Morgan fingerprint density at radius 2 is 1.75 bits per heavy atom. The molecule has 0 aliphatic heterocycles. The van der Waals surface area contributed by atoms with Crippen molar-refractivity contribution in [1.82, 2.24) is 4.90 Å². The number of nitrogens with zero attached hydrogens (tertiary/aromatic N) is 1. The first-order chi connectivity index (χ1) is 7.49. The summed E-state index contributed by atoms with van der Waals surface area (Å²) in [6.07, 6.45) is 0. The number of hydrogen-bond donors (Lipinski definition) is 1. The van der Waals surface area contributed by atoms with Crippen molar-refractivity contribution in [2.75, 3.05) is 20.7 Å². The molecule has 4 heteroatoms. The van der Waals surface area contributed by atoms with Gasteiger partial charge >= 0.3 is 0 Å². The van der Waals surface area contributed by atoms with E-state index in [1.165, 1.54) is 18.2 Å². The largest absolute Gasteiger partial charge is 0.396 e. The van der Waals surface area contributed by atoms with Crippen LogP contribution in [-0.2, 0) is 0 Å². The molecule has 0 aromatic heterocycles. The number of aliphatic hydroxyl groups is 1. The van der Waals surface area contributed by atoms with E-state index in [-0.39, 0.29) is 18.1 Å². The van der Waals surface area contributed by atoms with Crippen molar-refractivity contribution in [3.63, 3.8) is 0 Å². The van der Waals surface area contributed by atoms with Crippen LogP contribution in [0.5, 0.6) is 0 Å². The van der Waals surface area contributed by atoms with Crippen molar-refractivity contribution in [1.29, 1.82) is 0 Å². The number of halogens is 2. The first kappa shape index (κ1) is 13.1. The van der Waals surface area contributed by atoms with Crippen molar-refractivity contribution >= 4 is 0 Å². The summed E-state index contributed by atoms with van der Waals surface area (Å²) in [5, 5.41) is 9.13. The predicted molar refractivity (Wildman–Crippen MR) is 59.0 cm³/mol. The molecule has 1 aromatic carbocycles. The van der Waals surface area contributed by atoms with Crippen LogP contribution in [0.25, 0.3) is 0 Å². The van der Waals surface area contributed by atoms with Crippen LogP contribution in [0.3, 0.4) is 0 Å². The van der Waals surface area contributed by atoms with Gasteiger partial charge in [-0.15, -0.1) is 0 Å². The predicted octanol–water partition coefficient (Wildman–Crippen LogP) is 2.20. The molecule has 0 saturated heterocycles. The number of aliphatic hydroxyl groups excluding tert-OH is 1. The maximum atomic E-state index is 13.6. The quantitative estimate of drug-likeness (QED) is 0.855. The summed E-state index contributed by atoms with van der Waals surface area (Å²) < 4.78 is 27.2. The molecule has 0 fully saturated rings. The highest BCUT2D eigenvalue weighted by Crippen LogP contribution is 2.30. The van der Waals surface area contributed by atoms with Gasteiger partial charge in [0.05, 0.1) is 0 Å². The average Bonchev–Trinajstić information content (AvgIpc) is 2.22. The molecular weight excluding hydrogens is 212 g/mol. The lowest BCUT2D eigenvalue weighted by molar-refractivity contribution is 0.140. The number of hydrogen-bond acceptors (Lipinski definition) is 2. The summed E-state index contributed by atoms with van der Waals surface area (Å²) in [5.41, 5.74) is 0.0223. The molecule has 1 N–H and O–H groups in total. The Morgan fingerprint density at radius 3 is 2.12 bits per heavy atom. The number of benzene rings is 1. The minimum Gasteiger partial charge on any atom is -0.396 e. The maximum absolute atomic E-state index is 13.6. The molecule has 90 valence electrons. The van der Waals surface area contributed by atoms with Gasteiger partial charge in [0.15, 0.2) is 0 Å². The summed E-state index contributed by atoms with van der Waals surface area (Å²) in [5.74, 6) is -1.38. The van der Waals surface area contributed by atoms with Gasteiger partial charge in [-0.25, -0.2) is 8.78 Å². The first-order valence-corrected chi connectivity index (χ1v) is 5.20. The van der Waals surface area contributed by atoms with Gasteiger partial charge in [0.25, 0.3) is 0 Å². The highest BCUT2D eigenvalue weighted by molar-refractivity contribution is 5.24. The lowest BCUT2D eigenvalue weighted by atomic mass is 9.93. The smallest absolute Gasteiger partial charge is 0.130 e. The van der Waals surface area contributed by atoms with E-state index in [2.05, 4.69) is 0 Å². The van der Waals surface area contributed by atoms with Gasteiger partial charge in [-0.3, -0.25) is 0 Å². The standard InChI is InChI=1S/C12H17F2NO/c1-8(7-16)12(15(2)3)11-9(13)5-4-6-10(11)14/h4-6,8,12,16H,7H2,1-3H3. The Hall–Kier alpha value is -1.00. The maximum Gasteiger partial charge on any atom is 0.130 e. The molecule has 2 nitrogen and oxygen atoms in total. The van der Waals surface area contributed by atoms with E-state index >= 15 is 0 Å². The van der Waals surface area contributed by atoms with Crippen LogP contribution in [0.1, 0.15) is 18.5 Å². The molecule has 0 saturated carbocycles. The zero-order valence-corrected chi connectivity index (χ0v) is 9.74. The van der Waals surface area contributed by atoms with E-state index < -0.39 is 17.7 Å². The van der Waals surface area contributed by atoms with Crippen molar-refractivity contribution in [2.24, 2.45) is 5.92 Å². The summed E-state index contributed by atoms with van der Waals surface area (Å²) >= 11 is 0. The fraction of sp³-hybridized carbons (Fsp3) is 0.500. The van der Waals surface area contributed by atoms with Crippen LogP contribution in [-0.4, -0.2) is 30.7 Å². The van der Waals surface area contributed by atoms with Gasteiger partial charge in [-0.2, -0.15) is 0 Å². The molecule has 0 bridgehead atoms. The minimum absolute atomic E-state index is 0.0223. The zero-order valence-electron chi connectivity index (χ0n) is 9.74. The van der Waals surface area contributed by atoms with E-state index in [0.717, 1.165) is 0 Å². The fourth-order valence-electron chi connectivity index (χ4n) is 1.94. The van der Waals surface area contributed by atoms with E-state index in [4.69, 9.17) is 5.11 Å². The lowest BCUT2D eigenvalue weighted by Gasteiger charge is -2.30. The van der Waals surface area contributed by atoms with E-state index in [0.29, 0.717) is 0 Å². The van der Waals surface area contributed by atoms with E-state index in [9.17, 15) is 8.78 Å². The molecule has 2 atom stereocenters. The van der Waals surface area contributed by atoms with Gasteiger partial charge in [0.2, 0.25) is 0 Å². The van der Waals surface area contributed by atoms with Crippen molar-refractivity contribution in [2.45, 2.75) is 13.0 Å². The van der Waals surface area contributed by atoms with Gasteiger partial charge in [0.1, 0.15) is 11.6 Å². The summed E-state index contributed by atoms with van der Waals surface area (Å²) in [4.78, 5) is 1.71. The Labute approximate surface area is 94.5 Å². The monoisotopic (exact) mass is 229 g/mol. The second-order valence-electron chi connectivity index (χ2n) is 4.20. The third-order valence-corrected chi connectivity index (χ3v) is 2.68. The highest BCUT2D eigenvalue weighted by atomic mass is 19.1. The number of rotatable bonds is 4. The lowest BCUT2D eigenvalue weighted by Crippen LogP contribution is -2.29. The third-order valence-electron chi connectivity index (χ3n) is 2.68. The van der Waals surface area contributed by atoms with Crippen molar-refractivity contribution in [3.8, 4) is 0 Å². The van der Waals surface area contributed by atoms with Crippen LogP contribution < -0.4 is 0 Å². The molecule has 0 spiro atoms. The molecule has 0 amide bonds. The Balaban J connectivity index is 3.20. The fourth-order valence-corrected chi connectivity index (χ4v) is 1.94. The molecule has 16 heavy (non-hydrogen) atoms. The first-order valence-electron chi connectivity index (χ1n) is 5.20. The van der Waals surface area contributed by atoms with Gasteiger partial charge in [-0.05, 0) is 32.1 Å². The van der Waals surface area contributed by atoms with Crippen LogP contribution in [0.15, 0.2) is 18.2 Å². The second kappa shape index (κ2) is 5.37. The summed E-state index contributed by atoms with van der Waals surface area (Å²) in [6, 6.07) is 3.34. The highest BCUT2D eigenvalue weighted by Gasteiger charge is 2.26. The molecule has 1 aromatic rings. The van der Waals surface area contributed by atoms with Crippen LogP contribution in [0, 0.1) is 17.6 Å². The molecule has 0 radical (unpaired) electrons. The summed E-state index contributed by atoms with van der Waals surface area (Å²) in [7, 11) is 3.48. The summed E-state index contributed by atoms with van der Waals surface area (Å²) in [6.45, 7) is 1.65. The topological polar surface area (TPSA) is 23.5 Å². The zero-order chi connectivity index (χ0) is 12.3. The van der Waals surface area contributed by atoms with Gasteiger partial charge in [-0.1, -0.05) is 13.0 Å².